The fourth-order valence-electron chi connectivity index (χ4n) is 2.30. The lowest BCUT2D eigenvalue weighted by atomic mass is 10.00. The average Bonchev–Trinajstić information content (AvgIpc) is 2.69. The molecule has 100 valence electrons. The topological polar surface area (TPSA) is 45.2 Å². The lowest BCUT2D eigenvalue weighted by Gasteiger charge is -2.35. The number of carbonyl (C=O) groups excluding carboxylic acids is 1. The molecule has 1 amide bonds. The molecule has 0 radical (unpaired) electrons. The van der Waals surface area contributed by atoms with Gasteiger partial charge >= 0.3 is 0 Å². The standard InChI is InChI=1S/C13H21N3OS/c1-9(2)6-11-13(17)14-4-5-16(11)8-12-15-7-10(3)18-12/h7,9,11H,4-6,8H2,1-3H3,(H,14,17)/t11-/m0/s1. The molecule has 0 unspecified atom stereocenters. The van der Waals surface area contributed by atoms with Gasteiger partial charge in [0.25, 0.3) is 0 Å². The van der Waals surface area contributed by atoms with Gasteiger partial charge in [0.1, 0.15) is 5.01 Å². The highest BCUT2D eigenvalue weighted by Crippen LogP contribution is 2.19. The minimum Gasteiger partial charge on any atom is -0.353 e. The van der Waals surface area contributed by atoms with E-state index in [1.807, 2.05) is 6.20 Å². The largest absolute Gasteiger partial charge is 0.353 e. The molecule has 1 aliphatic rings. The number of aromatic nitrogens is 1. The number of carbonyl (C=O) groups is 1. The summed E-state index contributed by atoms with van der Waals surface area (Å²) in [4.78, 5) is 19.8. The maximum absolute atomic E-state index is 12.0. The van der Waals surface area contributed by atoms with E-state index in [-0.39, 0.29) is 11.9 Å². The highest BCUT2D eigenvalue weighted by atomic mass is 32.1. The summed E-state index contributed by atoms with van der Waals surface area (Å²) in [6.07, 6.45) is 2.82. The van der Waals surface area contributed by atoms with E-state index in [2.05, 4.69) is 36.0 Å². The second kappa shape index (κ2) is 5.80. The minimum absolute atomic E-state index is 0.00274. The van der Waals surface area contributed by atoms with Crippen molar-refractivity contribution in [2.24, 2.45) is 5.92 Å². The molecule has 0 spiro atoms. The Morgan fingerprint density at radius 1 is 1.61 bits per heavy atom. The molecule has 2 rings (SSSR count). The third-order valence-corrected chi connectivity index (χ3v) is 4.04. The maximum atomic E-state index is 12.0. The van der Waals surface area contributed by atoms with Crippen LogP contribution in [0, 0.1) is 12.8 Å². The van der Waals surface area contributed by atoms with Crippen molar-refractivity contribution in [1.29, 1.82) is 0 Å². The molecule has 2 heterocycles. The van der Waals surface area contributed by atoms with Gasteiger partial charge in [-0.3, -0.25) is 9.69 Å². The van der Waals surface area contributed by atoms with Crippen molar-refractivity contribution < 1.29 is 4.79 Å². The fraction of sp³-hybridized carbons (Fsp3) is 0.692. The highest BCUT2D eigenvalue weighted by molar-refractivity contribution is 7.11. The molecule has 18 heavy (non-hydrogen) atoms. The SMILES string of the molecule is Cc1cnc(CN2CCNC(=O)[C@@H]2CC(C)C)s1. The monoisotopic (exact) mass is 267 g/mol. The molecular weight excluding hydrogens is 246 g/mol. The van der Waals surface area contributed by atoms with Crippen LogP contribution in [-0.4, -0.2) is 34.9 Å². The molecule has 0 bridgehead atoms. The van der Waals surface area contributed by atoms with Crippen molar-refractivity contribution in [2.75, 3.05) is 13.1 Å². The number of piperazine rings is 1. The Balaban J connectivity index is 2.05. The van der Waals surface area contributed by atoms with E-state index in [4.69, 9.17) is 0 Å². The van der Waals surface area contributed by atoms with Crippen molar-refractivity contribution >= 4 is 17.2 Å². The van der Waals surface area contributed by atoms with Gasteiger partial charge in [-0.1, -0.05) is 13.8 Å². The molecule has 5 heteroatoms. The zero-order valence-corrected chi connectivity index (χ0v) is 12.1. The van der Waals surface area contributed by atoms with E-state index in [0.29, 0.717) is 5.92 Å². The number of hydrogen-bond donors (Lipinski definition) is 1. The molecule has 1 atom stereocenters. The maximum Gasteiger partial charge on any atom is 0.237 e. The van der Waals surface area contributed by atoms with Gasteiger partial charge < -0.3 is 5.32 Å². The van der Waals surface area contributed by atoms with Gasteiger partial charge in [-0.25, -0.2) is 4.98 Å². The number of rotatable bonds is 4. The summed E-state index contributed by atoms with van der Waals surface area (Å²) >= 11 is 1.72. The second-order valence-electron chi connectivity index (χ2n) is 5.27. The van der Waals surface area contributed by atoms with E-state index in [1.165, 1.54) is 4.88 Å². The minimum atomic E-state index is 0.00274. The summed E-state index contributed by atoms with van der Waals surface area (Å²) in [5.41, 5.74) is 0. The van der Waals surface area contributed by atoms with Crippen LogP contribution in [0.2, 0.25) is 0 Å². The van der Waals surface area contributed by atoms with Crippen molar-refractivity contribution in [1.82, 2.24) is 15.2 Å². The number of hydrogen-bond acceptors (Lipinski definition) is 4. The van der Waals surface area contributed by atoms with Crippen LogP contribution in [0.1, 0.15) is 30.2 Å². The summed E-state index contributed by atoms with van der Waals surface area (Å²) < 4.78 is 0. The normalized spacial score (nSPS) is 21.3. The van der Waals surface area contributed by atoms with Crippen molar-refractivity contribution in [2.45, 2.75) is 39.8 Å². The number of thiazole rings is 1. The fourth-order valence-corrected chi connectivity index (χ4v) is 3.12. The van der Waals surface area contributed by atoms with Gasteiger partial charge in [0.2, 0.25) is 5.91 Å². The Hall–Kier alpha value is -0.940. The molecule has 0 saturated carbocycles. The lowest BCUT2D eigenvalue weighted by Crippen LogP contribution is -2.55. The highest BCUT2D eigenvalue weighted by Gasteiger charge is 2.30. The third kappa shape index (κ3) is 3.29. The van der Waals surface area contributed by atoms with Gasteiger partial charge in [0.05, 0.1) is 12.6 Å². The van der Waals surface area contributed by atoms with Crippen LogP contribution in [0.25, 0.3) is 0 Å². The summed E-state index contributed by atoms with van der Waals surface area (Å²) in [6, 6.07) is 0.00274. The van der Waals surface area contributed by atoms with E-state index in [0.717, 1.165) is 31.1 Å². The van der Waals surface area contributed by atoms with Crippen molar-refractivity contribution in [3.63, 3.8) is 0 Å². The van der Waals surface area contributed by atoms with E-state index < -0.39 is 0 Å². The molecular formula is C13H21N3OS. The quantitative estimate of drug-likeness (QED) is 0.905. The molecule has 1 aromatic heterocycles. The van der Waals surface area contributed by atoms with Crippen molar-refractivity contribution in [3.05, 3.63) is 16.1 Å². The van der Waals surface area contributed by atoms with Crippen LogP contribution in [0.4, 0.5) is 0 Å². The lowest BCUT2D eigenvalue weighted by molar-refractivity contribution is -0.130. The Kier molecular flexibility index (Phi) is 4.35. The van der Waals surface area contributed by atoms with Crippen molar-refractivity contribution in [3.8, 4) is 0 Å². The predicted molar refractivity (Wildman–Crippen MR) is 73.5 cm³/mol. The molecule has 1 saturated heterocycles. The van der Waals surface area contributed by atoms with E-state index in [9.17, 15) is 4.79 Å². The first-order valence-electron chi connectivity index (χ1n) is 6.49. The smallest absolute Gasteiger partial charge is 0.237 e. The zero-order chi connectivity index (χ0) is 13.1. The predicted octanol–water partition coefficient (Wildman–Crippen LogP) is 1.80. The Labute approximate surface area is 112 Å². The Morgan fingerprint density at radius 3 is 3.00 bits per heavy atom. The molecule has 1 fully saturated rings. The van der Waals surface area contributed by atoms with Gasteiger partial charge in [-0.2, -0.15) is 0 Å². The van der Waals surface area contributed by atoms with Crippen LogP contribution < -0.4 is 5.32 Å². The third-order valence-electron chi connectivity index (χ3n) is 3.14. The zero-order valence-electron chi connectivity index (χ0n) is 11.3. The molecule has 1 N–H and O–H groups in total. The molecule has 0 aromatic carbocycles. The van der Waals surface area contributed by atoms with Crippen LogP contribution in [0.15, 0.2) is 6.20 Å². The molecule has 1 aromatic rings. The first-order valence-corrected chi connectivity index (χ1v) is 7.31. The van der Waals surface area contributed by atoms with Crippen LogP contribution in [-0.2, 0) is 11.3 Å². The Morgan fingerprint density at radius 2 is 2.39 bits per heavy atom. The Bertz CT molecular complexity index is 416. The van der Waals surface area contributed by atoms with Gasteiger partial charge in [0, 0.05) is 24.2 Å². The molecule has 4 nitrogen and oxygen atoms in total. The summed E-state index contributed by atoms with van der Waals surface area (Å²) in [5.74, 6) is 0.697. The van der Waals surface area contributed by atoms with Gasteiger partial charge in [0.15, 0.2) is 0 Å². The number of nitrogens with one attached hydrogen (secondary N) is 1. The summed E-state index contributed by atoms with van der Waals surface area (Å²) in [7, 11) is 0. The molecule has 1 aliphatic heterocycles. The summed E-state index contributed by atoms with van der Waals surface area (Å²) in [5, 5.41) is 4.07. The van der Waals surface area contributed by atoms with Crippen LogP contribution in [0.3, 0.4) is 0 Å². The van der Waals surface area contributed by atoms with Gasteiger partial charge in [-0.15, -0.1) is 11.3 Å². The van der Waals surface area contributed by atoms with E-state index in [1.54, 1.807) is 11.3 Å². The number of amides is 1. The molecule has 0 aliphatic carbocycles. The van der Waals surface area contributed by atoms with Gasteiger partial charge in [-0.05, 0) is 19.3 Å². The number of aryl methyl sites for hydroxylation is 1. The van der Waals surface area contributed by atoms with Crippen LogP contribution >= 0.6 is 11.3 Å². The number of nitrogens with zero attached hydrogens (tertiary/aromatic N) is 2. The first kappa shape index (κ1) is 13.5. The van der Waals surface area contributed by atoms with Crippen LogP contribution in [0.5, 0.6) is 0 Å². The average molecular weight is 267 g/mol. The summed E-state index contributed by atoms with van der Waals surface area (Å²) in [6.45, 7) is 8.85. The van der Waals surface area contributed by atoms with E-state index >= 15 is 0 Å². The second-order valence-corrected chi connectivity index (χ2v) is 6.59. The first-order chi connectivity index (χ1) is 8.56.